The maximum absolute atomic E-state index is 11.9. The predicted molar refractivity (Wildman–Crippen MR) is 84.1 cm³/mol. The van der Waals surface area contributed by atoms with Gasteiger partial charge in [0.1, 0.15) is 0 Å². The van der Waals surface area contributed by atoms with Gasteiger partial charge < -0.3 is 20.7 Å². The number of carbonyl (C=O) groups is 1. The summed E-state index contributed by atoms with van der Waals surface area (Å²) in [5.74, 6) is 0.847. The van der Waals surface area contributed by atoms with Crippen LogP contribution in [-0.2, 0) is 9.53 Å². The van der Waals surface area contributed by atoms with E-state index < -0.39 is 0 Å². The highest BCUT2D eigenvalue weighted by Crippen LogP contribution is 2.16. The Hall–Kier alpha value is -0.360. The number of nitrogens with one attached hydrogen (secondary N) is 1. The molecular weight excluding hydrogens is 278 g/mol. The van der Waals surface area contributed by atoms with Gasteiger partial charge in [0.05, 0.1) is 12.5 Å². The number of hydrogen-bond acceptors (Lipinski definition) is 4. The molecule has 0 aromatic heterocycles. The molecule has 0 aromatic rings. The monoisotopic (exact) mass is 307 g/mol. The van der Waals surface area contributed by atoms with Crippen LogP contribution < -0.4 is 11.1 Å². The van der Waals surface area contributed by atoms with Crippen molar-refractivity contribution in [1.29, 1.82) is 0 Å². The summed E-state index contributed by atoms with van der Waals surface area (Å²) in [5.41, 5.74) is 5.40. The van der Waals surface area contributed by atoms with Crippen LogP contribution in [0.5, 0.6) is 0 Å². The molecule has 1 atom stereocenters. The number of piperidine rings is 1. The summed E-state index contributed by atoms with van der Waals surface area (Å²) in [7, 11) is 0. The third-order valence-electron chi connectivity index (χ3n) is 3.32. The van der Waals surface area contributed by atoms with Crippen LogP contribution >= 0.6 is 12.4 Å². The fraction of sp³-hybridized carbons (Fsp3) is 0.929. The van der Waals surface area contributed by atoms with Crippen molar-refractivity contribution in [3.05, 3.63) is 0 Å². The van der Waals surface area contributed by atoms with Crippen LogP contribution in [0, 0.1) is 11.8 Å². The van der Waals surface area contributed by atoms with Crippen LogP contribution in [0.1, 0.15) is 26.7 Å². The van der Waals surface area contributed by atoms with Gasteiger partial charge in [0, 0.05) is 32.8 Å². The molecule has 1 aliphatic rings. The standard InChI is InChI=1S/C14H29N3O2.ClH/c1-12(2)11-19-9-8-17-7-3-4-13(10-17)14(18)16-6-5-15;/h12-13H,3-11,15H2,1-2H3,(H,16,18);1H. The molecule has 0 spiro atoms. The second-order valence-electron chi connectivity index (χ2n) is 5.69. The normalized spacial score (nSPS) is 19.7. The van der Waals surface area contributed by atoms with Gasteiger partial charge in [0.15, 0.2) is 0 Å². The fourth-order valence-corrected chi connectivity index (χ4v) is 2.33. The van der Waals surface area contributed by atoms with E-state index in [1.54, 1.807) is 0 Å². The number of nitrogens with zero attached hydrogens (tertiary/aromatic N) is 1. The lowest BCUT2D eigenvalue weighted by Crippen LogP contribution is -2.44. The highest BCUT2D eigenvalue weighted by atomic mass is 35.5. The zero-order valence-corrected chi connectivity index (χ0v) is 13.6. The zero-order valence-electron chi connectivity index (χ0n) is 12.8. The second kappa shape index (κ2) is 11.3. The minimum absolute atomic E-state index is 0. The third-order valence-corrected chi connectivity index (χ3v) is 3.32. The molecule has 3 N–H and O–H groups in total. The van der Waals surface area contributed by atoms with Crippen LogP contribution in [0.4, 0.5) is 0 Å². The summed E-state index contributed by atoms with van der Waals surface area (Å²) >= 11 is 0. The summed E-state index contributed by atoms with van der Waals surface area (Å²) in [6.45, 7) is 9.81. The lowest BCUT2D eigenvalue weighted by molar-refractivity contribution is -0.126. The van der Waals surface area contributed by atoms with Gasteiger partial charge in [0.2, 0.25) is 5.91 Å². The van der Waals surface area contributed by atoms with Crippen molar-refractivity contribution in [2.45, 2.75) is 26.7 Å². The molecule has 0 saturated carbocycles. The molecule has 0 radical (unpaired) electrons. The summed E-state index contributed by atoms with van der Waals surface area (Å²) in [6, 6.07) is 0. The van der Waals surface area contributed by atoms with Crippen molar-refractivity contribution in [2.75, 3.05) is 45.9 Å². The largest absolute Gasteiger partial charge is 0.380 e. The first kappa shape index (κ1) is 19.6. The summed E-state index contributed by atoms with van der Waals surface area (Å²) in [6.07, 6.45) is 2.07. The first-order valence-electron chi connectivity index (χ1n) is 7.41. The van der Waals surface area contributed by atoms with Crippen molar-refractivity contribution in [2.24, 2.45) is 17.6 Å². The maximum Gasteiger partial charge on any atom is 0.224 e. The van der Waals surface area contributed by atoms with Crippen LogP contribution in [0.2, 0.25) is 0 Å². The van der Waals surface area contributed by atoms with Crippen molar-refractivity contribution in [1.82, 2.24) is 10.2 Å². The zero-order chi connectivity index (χ0) is 14.1. The summed E-state index contributed by atoms with van der Waals surface area (Å²) < 4.78 is 5.60. The second-order valence-corrected chi connectivity index (χ2v) is 5.69. The molecule has 20 heavy (non-hydrogen) atoms. The van der Waals surface area contributed by atoms with E-state index >= 15 is 0 Å². The van der Waals surface area contributed by atoms with Crippen molar-refractivity contribution < 1.29 is 9.53 Å². The molecule has 1 fully saturated rings. The number of halogens is 1. The van der Waals surface area contributed by atoms with E-state index in [1.807, 2.05) is 0 Å². The van der Waals surface area contributed by atoms with E-state index in [1.165, 1.54) is 0 Å². The highest BCUT2D eigenvalue weighted by Gasteiger charge is 2.25. The molecule has 1 unspecified atom stereocenters. The number of rotatable bonds is 8. The highest BCUT2D eigenvalue weighted by molar-refractivity contribution is 5.85. The molecule has 1 heterocycles. The van der Waals surface area contributed by atoms with Gasteiger partial charge in [0.25, 0.3) is 0 Å². The van der Waals surface area contributed by atoms with Crippen LogP contribution in [0.25, 0.3) is 0 Å². The first-order valence-corrected chi connectivity index (χ1v) is 7.41. The molecular formula is C14H30ClN3O2. The molecule has 1 aliphatic heterocycles. The molecule has 5 nitrogen and oxygen atoms in total. The summed E-state index contributed by atoms with van der Waals surface area (Å²) in [5, 5.41) is 2.88. The van der Waals surface area contributed by atoms with E-state index in [2.05, 4.69) is 24.1 Å². The van der Waals surface area contributed by atoms with Crippen molar-refractivity contribution in [3.63, 3.8) is 0 Å². The van der Waals surface area contributed by atoms with Gasteiger partial charge in [-0.2, -0.15) is 0 Å². The Morgan fingerprint density at radius 1 is 1.50 bits per heavy atom. The van der Waals surface area contributed by atoms with E-state index in [-0.39, 0.29) is 24.2 Å². The van der Waals surface area contributed by atoms with E-state index in [0.717, 1.165) is 45.7 Å². The molecule has 120 valence electrons. The quantitative estimate of drug-likeness (QED) is 0.653. The van der Waals surface area contributed by atoms with Gasteiger partial charge in [-0.1, -0.05) is 13.8 Å². The Balaban J connectivity index is 0.00000361. The predicted octanol–water partition coefficient (Wildman–Crippen LogP) is 0.868. The number of amides is 1. The van der Waals surface area contributed by atoms with Gasteiger partial charge >= 0.3 is 0 Å². The number of hydrogen-bond donors (Lipinski definition) is 2. The summed E-state index contributed by atoms with van der Waals surface area (Å²) in [4.78, 5) is 14.2. The fourth-order valence-electron chi connectivity index (χ4n) is 2.33. The smallest absolute Gasteiger partial charge is 0.224 e. The van der Waals surface area contributed by atoms with Gasteiger partial charge in [-0.05, 0) is 25.3 Å². The van der Waals surface area contributed by atoms with E-state index in [0.29, 0.717) is 19.0 Å². The Labute approximate surface area is 129 Å². The minimum Gasteiger partial charge on any atom is -0.380 e. The van der Waals surface area contributed by atoms with E-state index in [9.17, 15) is 4.79 Å². The lowest BCUT2D eigenvalue weighted by atomic mass is 9.97. The van der Waals surface area contributed by atoms with Crippen molar-refractivity contribution in [3.8, 4) is 0 Å². The maximum atomic E-state index is 11.9. The Bertz CT molecular complexity index is 265. The molecule has 0 aromatic carbocycles. The van der Waals surface area contributed by atoms with Crippen LogP contribution in [0.15, 0.2) is 0 Å². The number of nitrogens with two attached hydrogens (primary N) is 1. The number of carbonyl (C=O) groups excluding carboxylic acids is 1. The molecule has 0 bridgehead atoms. The van der Waals surface area contributed by atoms with E-state index in [4.69, 9.17) is 10.5 Å². The average molecular weight is 308 g/mol. The Morgan fingerprint density at radius 2 is 2.25 bits per heavy atom. The first-order chi connectivity index (χ1) is 9.13. The van der Waals surface area contributed by atoms with Crippen LogP contribution in [0.3, 0.4) is 0 Å². The van der Waals surface area contributed by atoms with Crippen molar-refractivity contribution >= 4 is 18.3 Å². The molecule has 0 aliphatic carbocycles. The average Bonchev–Trinajstić information content (AvgIpc) is 2.41. The van der Waals surface area contributed by atoms with Crippen LogP contribution in [-0.4, -0.2) is 56.7 Å². The SMILES string of the molecule is CC(C)COCCN1CCCC(C(=O)NCCN)C1.Cl. The minimum atomic E-state index is 0. The Morgan fingerprint density at radius 3 is 2.90 bits per heavy atom. The molecule has 1 rings (SSSR count). The third kappa shape index (κ3) is 8.04. The van der Waals surface area contributed by atoms with Gasteiger partial charge in [-0.3, -0.25) is 4.79 Å². The Kier molecular flexibility index (Phi) is 11.1. The van der Waals surface area contributed by atoms with Gasteiger partial charge in [-0.15, -0.1) is 12.4 Å². The molecule has 6 heteroatoms. The lowest BCUT2D eigenvalue weighted by Gasteiger charge is -2.31. The number of likely N-dealkylation sites (tertiary alicyclic amines) is 1. The van der Waals surface area contributed by atoms with Gasteiger partial charge in [-0.25, -0.2) is 0 Å². The molecule has 1 saturated heterocycles. The molecule has 1 amide bonds. The topological polar surface area (TPSA) is 67.6 Å². The number of ether oxygens (including phenoxy) is 1.